The molecule has 0 amide bonds. The summed E-state index contributed by atoms with van der Waals surface area (Å²) >= 11 is 4.14. The van der Waals surface area contributed by atoms with E-state index in [1.54, 1.807) is 17.0 Å². The van der Waals surface area contributed by atoms with Gasteiger partial charge in [0.2, 0.25) is 0 Å². The quantitative estimate of drug-likeness (QED) is 0.726. The highest BCUT2D eigenvalue weighted by molar-refractivity contribution is 9.10. The van der Waals surface area contributed by atoms with Gasteiger partial charge in [0.05, 0.1) is 13.2 Å². The summed E-state index contributed by atoms with van der Waals surface area (Å²) in [4.78, 5) is 5.20. The van der Waals surface area contributed by atoms with Crippen LogP contribution in [0.3, 0.4) is 0 Å². The molecule has 0 radical (unpaired) electrons. The molecule has 23 heavy (non-hydrogen) atoms. The first-order valence-electron chi connectivity index (χ1n) is 6.58. The molecule has 2 rings (SSSR count). The first-order valence-corrected chi connectivity index (χ1v) is 8.25. The van der Waals surface area contributed by atoms with Gasteiger partial charge >= 0.3 is 6.18 Å². The number of aromatic nitrogens is 1. The zero-order chi connectivity index (χ0) is 17.0. The third-order valence-corrected chi connectivity index (χ3v) is 4.35. The fourth-order valence-corrected chi connectivity index (χ4v) is 3.22. The van der Waals surface area contributed by atoms with Crippen molar-refractivity contribution in [2.24, 2.45) is 0 Å². The van der Waals surface area contributed by atoms with E-state index in [9.17, 15) is 17.6 Å². The van der Waals surface area contributed by atoms with Gasteiger partial charge in [0, 0.05) is 28.5 Å². The van der Waals surface area contributed by atoms with E-state index in [0.29, 0.717) is 10.0 Å². The molecule has 0 aliphatic rings. The molecule has 1 aromatic carbocycles. The lowest BCUT2D eigenvalue weighted by molar-refractivity contribution is -0.140. The first kappa shape index (κ1) is 18.3. The van der Waals surface area contributed by atoms with Gasteiger partial charge in [-0.3, -0.25) is 4.90 Å². The van der Waals surface area contributed by atoms with Crippen molar-refractivity contribution in [2.45, 2.75) is 19.3 Å². The third kappa shape index (κ3) is 5.23. The number of hydrogen-bond acceptors (Lipinski definition) is 4. The second-order valence-electron chi connectivity index (χ2n) is 4.79. The maximum absolute atomic E-state index is 13.8. The minimum atomic E-state index is -4.48. The van der Waals surface area contributed by atoms with Gasteiger partial charge in [0.1, 0.15) is 10.8 Å². The van der Waals surface area contributed by atoms with E-state index in [2.05, 4.69) is 20.9 Å². The fourth-order valence-electron chi connectivity index (χ4n) is 1.97. The molecule has 0 aliphatic heterocycles. The van der Waals surface area contributed by atoms with E-state index in [4.69, 9.17) is 5.11 Å². The van der Waals surface area contributed by atoms with E-state index in [1.165, 1.54) is 6.07 Å². The Bertz CT molecular complexity index is 662. The Labute approximate surface area is 142 Å². The lowest BCUT2D eigenvalue weighted by Gasteiger charge is -2.20. The molecule has 1 aromatic heterocycles. The van der Waals surface area contributed by atoms with Gasteiger partial charge in [-0.25, -0.2) is 9.37 Å². The van der Waals surface area contributed by atoms with Crippen molar-refractivity contribution < 1.29 is 22.7 Å². The van der Waals surface area contributed by atoms with E-state index in [-0.39, 0.29) is 31.2 Å². The van der Waals surface area contributed by atoms with Crippen molar-refractivity contribution >= 4 is 27.3 Å². The van der Waals surface area contributed by atoms with Gasteiger partial charge in [0.25, 0.3) is 0 Å². The highest BCUT2D eigenvalue weighted by Crippen LogP contribution is 2.30. The second kappa shape index (κ2) is 7.69. The minimum absolute atomic E-state index is 0.104. The molecule has 0 unspecified atom stereocenters. The van der Waals surface area contributed by atoms with Gasteiger partial charge in [-0.1, -0.05) is 15.9 Å². The summed E-state index contributed by atoms with van der Waals surface area (Å²) in [6.07, 6.45) is -4.48. The number of thiazole rings is 1. The van der Waals surface area contributed by atoms with Crippen molar-refractivity contribution in [3.05, 3.63) is 50.1 Å². The number of hydrogen-bond donors (Lipinski definition) is 1. The van der Waals surface area contributed by atoms with Crippen molar-refractivity contribution in [3.63, 3.8) is 0 Å². The van der Waals surface area contributed by atoms with Crippen LogP contribution in [0.25, 0.3) is 0 Å². The van der Waals surface area contributed by atoms with Crippen molar-refractivity contribution in [2.75, 3.05) is 13.2 Å². The van der Waals surface area contributed by atoms with Gasteiger partial charge in [0.15, 0.2) is 5.69 Å². The molecule has 1 N–H and O–H groups in total. The molecule has 126 valence electrons. The molecule has 0 saturated carbocycles. The van der Waals surface area contributed by atoms with Gasteiger partial charge < -0.3 is 5.11 Å². The molecule has 2 aromatic rings. The predicted molar refractivity (Wildman–Crippen MR) is 82.4 cm³/mol. The number of halogens is 5. The number of aliphatic hydroxyl groups is 1. The van der Waals surface area contributed by atoms with Crippen LogP contribution < -0.4 is 0 Å². The van der Waals surface area contributed by atoms with Crippen LogP contribution in [-0.2, 0) is 19.3 Å². The summed E-state index contributed by atoms with van der Waals surface area (Å²) in [5.74, 6) is -0.411. The SMILES string of the molecule is OCCN(Cc1nc(C(F)(F)F)cs1)Cc1cc(Br)ccc1F. The van der Waals surface area contributed by atoms with Crippen LogP contribution in [0.4, 0.5) is 17.6 Å². The third-order valence-electron chi connectivity index (χ3n) is 3.02. The Morgan fingerprint density at radius 3 is 2.61 bits per heavy atom. The van der Waals surface area contributed by atoms with Crippen LogP contribution in [-0.4, -0.2) is 28.1 Å². The molecule has 0 fully saturated rings. The lowest BCUT2D eigenvalue weighted by Crippen LogP contribution is -2.26. The minimum Gasteiger partial charge on any atom is -0.395 e. The summed E-state index contributed by atoms with van der Waals surface area (Å²) in [6.45, 7) is 0.278. The Kier molecular flexibility index (Phi) is 6.12. The van der Waals surface area contributed by atoms with E-state index in [0.717, 1.165) is 16.7 Å². The van der Waals surface area contributed by atoms with Crippen LogP contribution in [0.5, 0.6) is 0 Å². The van der Waals surface area contributed by atoms with Gasteiger partial charge in [-0.15, -0.1) is 11.3 Å². The normalized spacial score (nSPS) is 12.1. The highest BCUT2D eigenvalue weighted by atomic mass is 79.9. The molecule has 1 heterocycles. The zero-order valence-corrected chi connectivity index (χ0v) is 14.2. The molecule has 3 nitrogen and oxygen atoms in total. The van der Waals surface area contributed by atoms with Crippen LogP contribution in [0.15, 0.2) is 28.1 Å². The largest absolute Gasteiger partial charge is 0.434 e. The zero-order valence-electron chi connectivity index (χ0n) is 11.8. The molecule has 9 heteroatoms. The summed E-state index contributed by atoms with van der Waals surface area (Å²) in [7, 11) is 0. The molecule has 0 spiro atoms. The summed E-state index contributed by atoms with van der Waals surface area (Å²) < 4.78 is 52.2. The topological polar surface area (TPSA) is 36.4 Å². The first-order chi connectivity index (χ1) is 10.8. The monoisotopic (exact) mass is 412 g/mol. The van der Waals surface area contributed by atoms with Crippen LogP contribution in [0.2, 0.25) is 0 Å². The van der Waals surface area contributed by atoms with Crippen LogP contribution in [0.1, 0.15) is 16.3 Å². The van der Waals surface area contributed by atoms with Crippen LogP contribution in [0, 0.1) is 5.82 Å². The Hall–Kier alpha value is -1.03. The Morgan fingerprint density at radius 2 is 2.00 bits per heavy atom. The molecular weight excluding hydrogens is 400 g/mol. The second-order valence-corrected chi connectivity index (χ2v) is 6.65. The van der Waals surface area contributed by atoms with Crippen LogP contribution >= 0.6 is 27.3 Å². The fraction of sp³-hybridized carbons (Fsp3) is 0.357. The number of rotatable bonds is 6. The highest BCUT2D eigenvalue weighted by Gasteiger charge is 2.33. The number of aliphatic hydroxyl groups excluding tert-OH is 1. The molecule has 0 saturated heterocycles. The predicted octanol–water partition coefficient (Wildman–Crippen LogP) is 4.06. The molecule has 0 atom stereocenters. The average Bonchev–Trinajstić information content (AvgIpc) is 2.92. The number of alkyl halides is 3. The van der Waals surface area contributed by atoms with E-state index in [1.807, 2.05) is 0 Å². The maximum Gasteiger partial charge on any atom is 0.434 e. The summed E-state index contributed by atoms with van der Waals surface area (Å²) in [5, 5.41) is 10.3. The van der Waals surface area contributed by atoms with Gasteiger partial charge in [-0.05, 0) is 18.2 Å². The smallest absolute Gasteiger partial charge is 0.395 e. The Morgan fingerprint density at radius 1 is 1.26 bits per heavy atom. The van der Waals surface area contributed by atoms with E-state index >= 15 is 0 Å². The molecule has 0 aliphatic carbocycles. The molecular formula is C14H13BrF4N2OS. The van der Waals surface area contributed by atoms with Crippen molar-refractivity contribution in [1.29, 1.82) is 0 Å². The number of nitrogens with zero attached hydrogens (tertiary/aromatic N) is 2. The average molecular weight is 413 g/mol. The van der Waals surface area contributed by atoms with Gasteiger partial charge in [-0.2, -0.15) is 13.2 Å². The maximum atomic E-state index is 13.8. The summed E-state index contributed by atoms with van der Waals surface area (Å²) in [5.41, 5.74) is -0.546. The summed E-state index contributed by atoms with van der Waals surface area (Å²) in [6, 6.07) is 4.47. The van der Waals surface area contributed by atoms with E-state index < -0.39 is 17.7 Å². The Balaban J connectivity index is 2.12. The van der Waals surface area contributed by atoms with Crippen molar-refractivity contribution in [3.8, 4) is 0 Å². The molecule has 0 bridgehead atoms. The number of benzene rings is 1. The van der Waals surface area contributed by atoms with Crippen molar-refractivity contribution in [1.82, 2.24) is 9.88 Å². The lowest BCUT2D eigenvalue weighted by atomic mass is 10.2. The standard InChI is InChI=1S/C14H13BrF4N2OS/c15-10-1-2-11(16)9(5-10)6-21(3-4-22)7-13-20-12(8-23-13)14(17,18)19/h1-2,5,8,22H,3-4,6-7H2.